The first-order valence-corrected chi connectivity index (χ1v) is 12.2. The Morgan fingerprint density at radius 1 is 0.366 bits per heavy atom. The molecule has 0 saturated heterocycles. The summed E-state index contributed by atoms with van der Waals surface area (Å²) in [6.45, 7) is 0. The Kier molecular flexibility index (Phi) is 2.00. The molecule has 9 aromatic rings. The molecule has 0 aliphatic heterocycles. The summed E-state index contributed by atoms with van der Waals surface area (Å²) >= 11 is 0. The van der Waals surface area contributed by atoms with Gasteiger partial charge in [0.05, 0.1) is 31.5 Å². The fourth-order valence-corrected chi connectivity index (χ4v) is 5.19. The van der Waals surface area contributed by atoms with Gasteiger partial charge in [-0.2, -0.15) is 0 Å². The summed E-state index contributed by atoms with van der Waals surface area (Å²) in [5.74, 6) is 0. The largest absolute Gasteiger partial charge is 0.456 e. The van der Waals surface area contributed by atoms with E-state index in [-0.39, 0.29) is 16.2 Å². The van der Waals surface area contributed by atoms with Gasteiger partial charge in [0, 0.05) is 10.8 Å². The molecule has 0 unspecified atom stereocenters. The van der Waals surface area contributed by atoms with Gasteiger partial charge in [-0.05, 0) is 89.5 Å². The molecule has 1 heterocycles. The third-order valence-corrected chi connectivity index (χ3v) is 6.93. The molecule has 1 aromatic heterocycles. The lowest BCUT2D eigenvalue weighted by molar-refractivity contribution is 0.669. The zero-order chi connectivity index (χ0) is 46.9. The zero-order valence-electron chi connectivity index (χ0n) is 43.5. The third-order valence-electron chi connectivity index (χ3n) is 6.93. The van der Waals surface area contributed by atoms with Gasteiger partial charge in [0.15, 0.2) is 0 Å². The molecule has 0 bridgehead atoms. The molecule has 0 fully saturated rings. The summed E-state index contributed by atoms with van der Waals surface area (Å²) in [7, 11) is 0. The number of fused-ring (bicyclic) bond motifs is 8. The Balaban J connectivity index is 1.62. The third kappa shape index (κ3) is 3.30. The van der Waals surface area contributed by atoms with Crippen LogP contribution < -0.4 is 0 Å². The van der Waals surface area contributed by atoms with Crippen molar-refractivity contribution in [1.29, 1.82) is 0 Å². The number of rotatable bonds is 2. The van der Waals surface area contributed by atoms with Gasteiger partial charge < -0.3 is 4.42 Å². The monoisotopic (exact) mass is 543 g/mol. The first kappa shape index (κ1) is 9.61. The van der Waals surface area contributed by atoms with Crippen LogP contribution in [0.3, 0.4) is 0 Å². The van der Waals surface area contributed by atoms with E-state index in [1.807, 2.05) is 0 Å². The van der Waals surface area contributed by atoms with Crippen molar-refractivity contribution in [3.05, 3.63) is 145 Å². The van der Waals surface area contributed by atoms with Crippen LogP contribution >= 0.6 is 0 Å². The van der Waals surface area contributed by atoms with Gasteiger partial charge in [0.2, 0.25) is 0 Å². The van der Waals surface area contributed by atoms with Crippen molar-refractivity contribution in [2.45, 2.75) is 0 Å². The summed E-state index contributed by atoms with van der Waals surface area (Å²) in [4.78, 5) is 0. The molecular weight excluding hydrogens is 496 g/mol. The van der Waals surface area contributed by atoms with Crippen molar-refractivity contribution >= 4 is 65.0 Å². The molecule has 1 heteroatoms. The minimum absolute atomic E-state index is 0.270. The van der Waals surface area contributed by atoms with Crippen LogP contribution in [0, 0.1) is 0 Å². The Morgan fingerprint density at radius 2 is 0.854 bits per heavy atom. The summed E-state index contributed by atoms with van der Waals surface area (Å²) in [6, 6.07) is -17.0. The smallest absolute Gasteiger partial charge is 0.135 e. The fourth-order valence-electron chi connectivity index (χ4n) is 5.19. The molecule has 41 heavy (non-hydrogen) atoms. The van der Waals surface area contributed by atoms with Gasteiger partial charge in [-0.3, -0.25) is 0 Å². The van der Waals surface area contributed by atoms with E-state index in [0.29, 0.717) is 0 Å². The van der Waals surface area contributed by atoms with Crippen molar-refractivity contribution in [2.75, 3.05) is 0 Å². The van der Waals surface area contributed by atoms with E-state index in [0.717, 1.165) is 6.07 Å². The van der Waals surface area contributed by atoms with Crippen molar-refractivity contribution in [3.63, 3.8) is 0 Å². The van der Waals surface area contributed by atoms with E-state index >= 15 is 0 Å². The lowest BCUT2D eigenvalue weighted by Crippen LogP contribution is -1.91. The highest BCUT2D eigenvalue weighted by Gasteiger charge is 2.18. The number of furan rings is 1. The normalized spacial score (nSPS) is 19.8. The lowest BCUT2D eigenvalue weighted by Gasteiger charge is -2.18. The van der Waals surface area contributed by atoms with E-state index in [4.69, 9.17) is 25.0 Å². The molecule has 0 saturated carbocycles. The van der Waals surface area contributed by atoms with Crippen LogP contribution in [0.4, 0.5) is 0 Å². The van der Waals surface area contributed by atoms with Crippen LogP contribution in [0.2, 0.25) is 0 Å². The molecule has 0 spiro atoms. The maximum atomic E-state index is 9.60. The van der Waals surface area contributed by atoms with E-state index in [1.165, 1.54) is 0 Å². The first-order valence-electron chi connectivity index (χ1n) is 23.7. The average molecular weight is 544 g/mol. The summed E-state index contributed by atoms with van der Waals surface area (Å²) in [5.41, 5.74) is -3.19. The van der Waals surface area contributed by atoms with E-state index < -0.39 is 210 Å². The Bertz CT molecular complexity index is 3680. The van der Waals surface area contributed by atoms with Crippen molar-refractivity contribution < 1.29 is 35.9 Å². The van der Waals surface area contributed by atoms with Crippen LogP contribution in [0.25, 0.3) is 87.3 Å². The molecule has 9 rings (SSSR count). The Labute approximate surface area is 269 Å². The molecule has 0 aliphatic rings. The lowest BCUT2D eigenvalue weighted by atomic mass is 9.85. The summed E-state index contributed by atoms with van der Waals surface area (Å²) in [5, 5.41) is -4.52. The van der Waals surface area contributed by atoms with Crippen LogP contribution in [0.5, 0.6) is 0 Å². The predicted molar refractivity (Wildman–Crippen MR) is 175 cm³/mol. The van der Waals surface area contributed by atoms with Crippen molar-refractivity contribution in [2.24, 2.45) is 0 Å². The number of hydrogen-bond acceptors (Lipinski definition) is 1. The molecule has 0 aliphatic carbocycles. The molecule has 0 atom stereocenters. The summed E-state index contributed by atoms with van der Waals surface area (Å²) < 4.78 is 210. The van der Waals surface area contributed by atoms with Gasteiger partial charge in [-0.1, -0.05) is 121 Å². The zero-order valence-corrected chi connectivity index (χ0v) is 20.5. The average Bonchev–Trinajstić information content (AvgIpc) is 3.68. The fraction of sp³-hybridized carbons (Fsp3) is 0. The molecule has 0 radical (unpaired) electrons. The topological polar surface area (TPSA) is 13.1 Å². The van der Waals surface area contributed by atoms with Crippen LogP contribution in [-0.2, 0) is 0 Å². The highest BCUT2D eigenvalue weighted by atomic mass is 16.3. The predicted octanol–water partition coefficient (Wildman–Crippen LogP) is 11.5. The Morgan fingerprint density at radius 3 is 1.56 bits per heavy atom. The van der Waals surface area contributed by atoms with E-state index in [1.54, 1.807) is 0 Å². The highest BCUT2D eigenvalue weighted by Crippen LogP contribution is 2.45. The molecule has 190 valence electrons. The van der Waals surface area contributed by atoms with Gasteiger partial charge >= 0.3 is 0 Å². The maximum absolute atomic E-state index is 9.60. The molecular formula is C40H24O. The standard InChI is InChI=1S/C40H24O/c1-2-10-29-25(9-1)17-18-26-19-20-27(23-35(26)29)39-31-12-3-5-14-33(31)40(34-15-6-4-13-32(34)39)28-21-22-38-36(24-28)30-11-7-8-16-37(30)41-38/h1-24H/i1D,2D,3D,4D,5D,6D,7D,8D,9D,10D,11D,12D,13D,14D,15D,16D,17D,18D,19D,20D,21D,22D,24D. The second kappa shape index (κ2) is 8.55. The van der Waals surface area contributed by atoms with Gasteiger partial charge in [-0.25, -0.2) is 0 Å². The second-order valence-electron chi connectivity index (χ2n) is 9.11. The minimum Gasteiger partial charge on any atom is -0.456 e. The first-order chi connectivity index (χ1) is 29.9. The van der Waals surface area contributed by atoms with Crippen LogP contribution in [-0.4, -0.2) is 0 Å². The van der Waals surface area contributed by atoms with Crippen molar-refractivity contribution in [1.82, 2.24) is 0 Å². The number of benzene rings is 8. The maximum Gasteiger partial charge on any atom is 0.135 e. The SMILES string of the molecule is [2H]c1c([2H])c([2H])c2c(oc3c([2H])c([2H])c(-c4c5c([2H])c([2H])c([2H])c([2H])c5c(-c5cc6c(c([2H])c5[2H])c([2H])c([2H])c5c([2H])c([2H])c([2H])c([2H])c56)c5c([2H])c([2H])c([2H])c([2H])c45)c([2H])c32)c1[2H]. The number of para-hydroxylation sites is 1. The van der Waals surface area contributed by atoms with Crippen LogP contribution in [0.1, 0.15) is 31.5 Å². The van der Waals surface area contributed by atoms with E-state index in [2.05, 4.69) is 0 Å². The van der Waals surface area contributed by atoms with Gasteiger partial charge in [-0.15, -0.1) is 0 Å². The summed E-state index contributed by atoms with van der Waals surface area (Å²) in [6.07, 6.45) is 0. The Hall–Kier alpha value is -5.40. The quantitative estimate of drug-likeness (QED) is 0.156. The second-order valence-corrected chi connectivity index (χ2v) is 9.11. The minimum atomic E-state index is -0.896. The van der Waals surface area contributed by atoms with Gasteiger partial charge in [0.25, 0.3) is 0 Å². The molecule has 8 aromatic carbocycles. The molecule has 1 nitrogen and oxygen atoms in total. The van der Waals surface area contributed by atoms with Gasteiger partial charge in [0.1, 0.15) is 11.2 Å². The highest BCUT2D eigenvalue weighted by molar-refractivity contribution is 6.23. The van der Waals surface area contributed by atoms with Crippen molar-refractivity contribution in [3.8, 4) is 22.3 Å². The van der Waals surface area contributed by atoms with E-state index in [9.17, 15) is 11.0 Å². The molecule has 0 N–H and O–H groups in total. The number of hydrogen-bond donors (Lipinski definition) is 0. The van der Waals surface area contributed by atoms with Crippen LogP contribution in [0.15, 0.2) is 149 Å². The molecule has 0 amide bonds.